The summed E-state index contributed by atoms with van der Waals surface area (Å²) in [7, 11) is 0. The number of nitrogens with two attached hydrogens (primary N) is 2. The highest BCUT2D eigenvalue weighted by Gasteiger charge is 2.16. The second kappa shape index (κ2) is 5.16. The van der Waals surface area contributed by atoms with Crippen LogP contribution in [0.15, 0.2) is 18.2 Å². The maximum atomic E-state index is 7.49. The molecule has 98 valence electrons. The third-order valence-electron chi connectivity index (χ3n) is 3.46. The number of hydrogen-bond donors (Lipinski definition) is 3. The van der Waals surface area contributed by atoms with Gasteiger partial charge in [0.1, 0.15) is 0 Å². The maximum Gasteiger partial charge on any atom is 0.188 e. The van der Waals surface area contributed by atoms with Crippen molar-refractivity contribution in [2.24, 2.45) is 5.73 Å². The predicted molar refractivity (Wildman–Crippen MR) is 75.9 cm³/mol. The summed E-state index contributed by atoms with van der Waals surface area (Å²) in [4.78, 5) is 4.25. The number of nitrogens with one attached hydrogen (secondary N) is 1. The van der Waals surface area contributed by atoms with Crippen LogP contribution >= 0.6 is 0 Å². The molecule has 1 saturated heterocycles. The van der Waals surface area contributed by atoms with E-state index in [0.717, 1.165) is 43.9 Å². The fourth-order valence-electron chi connectivity index (χ4n) is 2.27. The molecule has 1 heterocycles. The van der Waals surface area contributed by atoms with Crippen molar-refractivity contribution in [3.63, 3.8) is 0 Å². The van der Waals surface area contributed by atoms with Crippen LogP contribution in [0, 0.1) is 12.3 Å². The van der Waals surface area contributed by atoms with Gasteiger partial charge in [-0.15, -0.1) is 0 Å². The van der Waals surface area contributed by atoms with E-state index in [-0.39, 0.29) is 5.96 Å². The largest absolute Gasteiger partial charge is 0.399 e. The van der Waals surface area contributed by atoms with Crippen LogP contribution in [0.5, 0.6) is 0 Å². The van der Waals surface area contributed by atoms with Crippen molar-refractivity contribution in [2.45, 2.75) is 13.3 Å². The van der Waals surface area contributed by atoms with Crippen molar-refractivity contribution >= 4 is 17.3 Å². The molecular formula is C13H21N5. The van der Waals surface area contributed by atoms with Gasteiger partial charge in [-0.2, -0.15) is 0 Å². The molecular weight excluding hydrogens is 226 g/mol. The molecule has 5 heteroatoms. The predicted octanol–water partition coefficient (Wildman–Crippen LogP) is 0.983. The van der Waals surface area contributed by atoms with E-state index in [9.17, 15) is 0 Å². The summed E-state index contributed by atoms with van der Waals surface area (Å²) in [5.41, 5.74) is 14.5. The highest BCUT2D eigenvalue weighted by Crippen LogP contribution is 2.21. The first-order valence-electron chi connectivity index (χ1n) is 6.28. The standard InChI is InChI=1S/C13H21N5/c1-10-9-11(3-4-12(10)14)17-5-2-6-18(8-7-17)13(15)16/h3-4,9H,2,5-8,14H2,1H3,(H3,15,16). The summed E-state index contributed by atoms with van der Waals surface area (Å²) >= 11 is 0. The summed E-state index contributed by atoms with van der Waals surface area (Å²) in [6.07, 6.45) is 1.02. The normalized spacial score (nSPS) is 16.5. The molecule has 0 spiro atoms. The molecule has 0 aliphatic carbocycles. The summed E-state index contributed by atoms with van der Waals surface area (Å²) in [5, 5.41) is 7.49. The number of nitrogens with zero attached hydrogens (tertiary/aromatic N) is 2. The lowest BCUT2D eigenvalue weighted by Gasteiger charge is -2.24. The Balaban J connectivity index is 2.09. The van der Waals surface area contributed by atoms with Crippen LogP contribution in [0.1, 0.15) is 12.0 Å². The second-order valence-electron chi connectivity index (χ2n) is 4.75. The van der Waals surface area contributed by atoms with Crippen LogP contribution in [0.4, 0.5) is 11.4 Å². The number of guanidine groups is 1. The first kappa shape index (κ1) is 12.5. The van der Waals surface area contributed by atoms with E-state index in [0.29, 0.717) is 0 Å². The lowest BCUT2D eigenvalue weighted by Crippen LogP contribution is -2.39. The van der Waals surface area contributed by atoms with Gasteiger partial charge in [-0.3, -0.25) is 5.41 Å². The van der Waals surface area contributed by atoms with Crippen LogP contribution in [0.25, 0.3) is 0 Å². The van der Waals surface area contributed by atoms with Gasteiger partial charge in [0.2, 0.25) is 0 Å². The molecule has 0 atom stereocenters. The lowest BCUT2D eigenvalue weighted by atomic mass is 10.1. The van der Waals surface area contributed by atoms with Gasteiger partial charge in [-0.25, -0.2) is 0 Å². The SMILES string of the molecule is Cc1cc(N2CCCN(C(=N)N)CC2)ccc1N. The van der Waals surface area contributed by atoms with Gasteiger partial charge in [0.25, 0.3) is 0 Å². The molecule has 2 rings (SSSR count). The van der Waals surface area contributed by atoms with E-state index in [2.05, 4.69) is 17.0 Å². The van der Waals surface area contributed by atoms with Crippen molar-refractivity contribution in [1.29, 1.82) is 5.41 Å². The molecule has 5 nitrogen and oxygen atoms in total. The van der Waals surface area contributed by atoms with Gasteiger partial charge >= 0.3 is 0 Å². The molecule has 0 unspecified atom stereocenters. The average Bonchev–Trinajstić information content (AvgIpc) is 2.58. The Bertz CT molecular complexity index is 443. The van der Waals surface area contributed by atoms with Gasteiger partial charge in [0, 0.05) is 37.6 Å². The number of hydrogen-bond acceptors (Lipinski definition) is 3. The molecule has 1 aromatic rings. The Morgan fingerprint density at radius 2 is 2.00 bits per heavy atom. The molecule has 0 aromatic heterocycles. The number of nitrogen functional groups attached to an aromatic ring is 1. The summed E-state index contributed by atoms with van der Waals surface area (Å²) < 4.78 is 0. The fraction of sp³-hybridized carbons (Fsp3) is 0.462. The van der Waals surface area contributed by atoms with Gasteiger partial charge in [0.15, 0.2) is 5.96 Å². The minimum Gasteiger partial charge on any atom is -0.399 e. The number of anilines is 2. The highest BCUT2D eigenvalue weighted by molar-refractivity contribution is 5.74. The van der Waals surface area contributed by atoms with Crippen LogP contribution in [0.3, 0.4) is 0 Å². The Labute approximate surface area is 108 Å². The molecule has 1 aliphatic heterocycles. The molecule has 0 bridgehead atoms. The third-order valence-corrected chi connectivity index (χ3v) is 3.46. The van der Waals surface area contributed by atoms with Crippen LogP contribution in [0.2, 0.25) is 0 Å². The van der Waals surface area contributed by atoms with E-state index in [1.165, 1.54) is 5.69 Å². The molecule has 5 N–H and O–H groups in total. The Morgan fingerprint density at radius 1 is 1.22 bits per heavy atom. The number of aryl methyl sites for hydroxylation is 1. The first-order chi connectivity index (χ1) is 8.58. The summed E-state index contributed by atoms with van der Waals surface area (Å²) in [6.45, 7) is 5.58. The molecule has 18 heavy (non-hydrogen) atoms. The first-order valence-corrected chi connectivity index (χ1v) is 6.28. The zero-order valence-corrected chi connectivity index (χ0v) is 10.8. The maximum absolute atomic E-state index is 7.49. The van der Waals surface area contributed by atoms with E-state index in [1.54, 1.807) is 0 Å². The number of rotatable bonds is 1. The number of benzene rings is 1. The molecule has 1 aliphatic rings. The Morgan fingerprint density at radius 3 is 2.67 bits per heavy atom. The van der Waals surface area contributed by atoms with Crippen molar-refractivity contribution in [1.82, 2.24) is 4.90 Å². The minimum absolute atomic E-state index is 0.172. The van der Waals surface area contributed by atoms with E-state index in [4.69, 9.17) is 16.9 Å². The van der Waals surface area contributed by atoms with Gasteiger partial charge in [-0.1, -0.05) is 0 Å². The van der Waals surface area contributed by atoms with Crippen LogP contribution in [-0.4, -0.2) is 37.0 Å². The fourth-order valence-corrected chi connectivity index (χ4v) is 2.27. The van der Waals surface area contributed by atoms with Crippen LogP contribution < -0.4 is 16.4 Å². The monoisotopic (exact) mass is 247 g/mol. The molecule has 0 saturated carbocycles. The van der Waals surface area contributed by atoms with Crippen molar-refractivity contribution in [3.05, 3.63) is 23.8 Å². The molecule has 1 aromatic carbocycles. The van der Waals surface area contributed by atoms with Crippen molar-refractivity contribution in [2.75, 3.05) is 36.8 Å². The summed E-state index contributed by atoms with van der Waals surface area (Å²) in [5.74, 6) is 0.172. The highest BCUT2D eigenvalue weighted by atomic mass is 15.3. The smallest absolute Gasteiger partial charge is 0.188 e. The van der Waals surface area contributed by atoms with E-state index in [1.807, 2.05) is 17.9 Å². The third kappa shape index (κ3) is 2.67. The van der Waals surface area contributed by atoms with E-state index >= 15 is 0 Å². The van der Waals surface area contributed by atoms with Gasteiger partial charge in [0.05, 0.1) is 0 Å². The topological polar surface area (TPSA) is 82.4 Å². The average molecular weight is 247 g/mol. The Hall–Kier alpha value is -1.91. The molecule has 0 radical (unpaired) electrons. The van der Waals surface area contributed by atoms with Crippen LogP contribution in [-0.2, 0) is 0 Å². The zero-order chi connectivity index (χ0) is 13.1. The minimum atomic E-state index is 0.172. The van der Waals surface area contributed by atoms with Gasteiger partial charge < -0.3 is 21.3 Å². The molecule has 1 fully saturated rings. The summed E-state index contributed by atoms with van der Waals surface area (Å²) in [6, 6.07) is 6.14. The quantitative estimate of drug-likeness (QED) is 0.392. The second-order valence-corrected chi connectivity index (χ2v) is 4.75. The zero-order valence-electron chi connectivity index (χ0n) is 10.8. The van der Waals surface area contributed by atoms with Crippen molar-refractivity contribution < 1.29 is 0 Å². The molecule has 0 amide bonds. The van der Waals surface area contributed by atoms with E-state index < -0.39 is 0 Å². The Kier molecular flexibility index (Phi) is 3.60. The lowest BCUT2D eigenvalue weighted by molar-refractivity contribution is 0.440. The van der Waals surface area contributed by atoms with Gasteiger partial charge in [-0.05, 0) is 37.1 Å². The van der Waals surface area contributed by atoms with Crippen molar-refractivity contribution in [3.8, 4) is 0 Å².